The molecule has 1 saturated heterocycles. The first-order valence-electron chi connectivity index (χ1n) is 5.46. The second-order valence-corrected chi connectivity index (χ2v) is 4.36. The van der Waals surface area contributed by atoms with Crippen LogP contribution in [0.15, 0.2) is 18.2 Å². The number of benzene rings is 1. The van der Waals surface area contributed by atoms with Crippen LogP contribution in [-0.2, 0) is 16.1 Å². The van der Waals surface area contributed by atoms with Crippen molar-refractivity contribution in [3.8, 4) is 5.75 Å². The average molecular weight is 243 g/mol. The minimum Gasteiger partial charge on any atom is -0.508 e. The largest absolute Gasteiger partial charge is 0.508 e. The highest BCUT2D eigenvalue weighted by atomic mass is 35.5. The normalized spacial score (nSPS) is 20.9. The topological polar surface area (TPSA) is 38.7 Å². The zero-order valence-electron chi connectivity index (χ0n) is 8.99. The fourth-order valence-electron chi connectivity index (χ4n) is 1.75. The van der Waals surface area contributed by atoms with Gasteiger partial charge in [0.2, 0.25) is 0 Å². The van der Waals surface area contributed by atoms with Gasteiger partial charge in [-0.15, -0.1) is 0 Å². The van der Waals surface area contributed by atoms with Gasteiger partial charge in [0.1, 0.15) is 5.75 Å². The van der Waals surface area contributed by atoms with E-state index < -0.39 is 0 Å². The highest BCUT2D eigenvalue weighted by Gasteiger charge is 2.14. The van der Waals surface area contributed by atoms with Crippen LogP contribution in [0.25, 0.3) is 0 Å². The smallest absolute Gasteiger partial charge is 0.158 e. The molecule has 16 heavy (non-hydrogen) atoms. The summed E-state index contributed by atoms with van der Waals surface area (Å²) in [4.78, 5) is 0. The number of hydrogen-bond donors (Lipinski definition) is 1. The summed E-state index contributed by atoms with van der Waals surface area (Å²) in [6, 6.07) is 4.93. The maximum atomic E-state index is 9.36. The molecule has 1 aromatic carbocycles. The van der Waals surface area contributed by atoms with Crippen LogP contribution in [0.4, 0.5) is 0 Å². The Morgan fingerprint density at radius 2 is 2.25 bits per heavy atom. The van der Waals surface area contributed by atoms with Crippen molar-refractivity contribution in [3.05, 3.63) is 28.8 Å². The Labute approximate surface area is 99.9 Å². The molecule has 1 aromatic rings. The molecular weight excluding hydrogens is 228 g/mol. The lowest BCUT2D eigenvalue weighted by Gasteiger charge is -2.22. The first-order chi connectivity index (χ1) is 7.74. The predicted octanol–water partition coefficient (Wildman–Crippen LogP) is 3.09. The van der Waals surface area contributed by atoms with Crippen LogP contribution >= 0.6 is 11.6 Å². The SMILES string of the molecule is Oc1cc(Cl)cc(COC2CCCCO2)c1. The maximum absolute atomic E-state index is 9.36. The van der Waals surface area contributed by atoms with Crippen LogP contribution in [0.1, 0.15) is 24.8 Å². The molecule has 0 saturated carbocycles. The van der Waals surface area contributed by atoms with E-state index in [1.165, 1.54) is 6.07 Å². The van der Waals surface area contributed by atoms with Crippen molar-refractivity contribution < 1.29 is 14.6 Å². The molecule has 0 aromatic heterocycles. The van der Waals surface area contributed by atoms with Gasteiger partial charge < -0.3 is 14.6 Å². The number of phenolic OH excluding ortho intramolecular Hbond substituents is 1. The van der Waals surface area contributed by atoms with E-state index in [1.54, 1.807) is 12.1 Å². The lowest BCUT2D eigenvalue weighted by Crippen LogP contribution is -2.21. The number of hydrogen-bond acceptors (Lipinski definition) is 3. The molecule has 1 atom stereocenters. The molecule has 3 nitrogen and oxygen atoms in total. The molecule has 1 aliphatic rings. The van der Waals surface area contributed by atoms with E-state index in [0.29, 0.717) is 11.6 Å². The third-order valence-corrected chi connectivity index (χ3v) is 2.73. The van der Waals surface area contributed by atoms with E-state index in [0.717, 1.165) is 31.4 Å². The van der Waals surface area contributed by atoms with Gasteiger partial charge in [0.25, 0.3) is 0 Å². The first kappa shape index (κ1) is 11.7. The zero-order valence-corrected chi connectivity index (χ0v) is 9.74. The molecule has 0 spiro atoms. The van der Waals surface area contributed by atoms with Crippen LogP contribution in [0, 0.1) is 0 Å². The van der Waals surface area contributed by atoms with Crippen LogP contribution < -0.4 is 0 Å². The highest BCUT2D eigenvalue weighted by Crippen LogP contribution is 2.21. The Morgan fingerprint density at radius 3 is 2.94 bits per heavy atom. The highest BCUT2D eigenvalue weighted by molar-refractivity contribution is 6.30. The molecule has 1 N–H and O–H groups in total. The third-order valence-electron chi connectivity index (χ3n) is 2.52. The second-order valence-electron chi connectivity index (χ2n) is 3.92. The molecule has 4 heteroatoms. The van der Waals surface area contributed by atoms with Gasteiger partial charge in [-0.2, -0.15) is 0 Å². The molecule has 0 aliphatic carbocycles. The molecule has 1 heterocycles. The number of ether oxygens (including phenoxy) is 2. The van der Waals surface area contributed by atoms with Crippen molar-refractivity contribution in [2.24, 2.45) is 0 Å². The minimum absolute atomic E-state index is 0.116. The van der Waals surface area contributed by atoms with Gasteiger partial charge in [-0.3, -0.25) is 0 Å². The molecule has 1 fully saturated rings. The van der Waals surface area contributed by atoms with E-state index in [-0.39, 0.29) is 12.0 Å². The van der Waals surface area contributed by atoms with Crippen molar-refractivity contribution in [3.63, 3.8) is 0 Å². The maximum Gasteiger partial charge on any atom is 0.158 e. The molecule has 88 valence electrons. The van der Waals surface area contributed by atoms with Crippen LogP contribution in [0.5, 0.6) is 5.75 Å². The van der Waals surface area contributed by atoms with Gasteiger partial charge in [0.15, 0.2) is 6.29 Å². The van der Waals surface area contributed by atoms with E-state index in [1.807, 2.05) is 0 Å². The van der Waals surface area contributed by atoms with Gasteiger partial charge in [0, 0.05) is 11.6 Å². The van der Waals surface area contributed by atoms with E-state index in [4.69, 9.17) is 21.1 Å². The van der Waals surface area contributed by atoms with Gasteiger partial charge in [-0.25, -0.2) is 0 Å². The minimum atomic E-state index is -0.116. The summed E-state index contributed by atoms with van der Waals surface area (Å²) < 4.78 is 11.0. The summed E-state index contributed by atoms with van der Waals surface area (Å²) in [6.45, 7) is 1.18. The van der Waals surface area contributed by atoms with Gasteiger partial charge in [0.05, 0.1) is 6.61 Å². The molecule has 0 amide bonds. The Morgan fingerprint density at radius 1 is 1.38 bits per heavy atom. The molecule has 0 bridgehead atoms. The van der Waals surface area contributed by atoms with Crippen molar-refractivity contribution in [1.29, 1.82) is 0 Å². The van der Waals surface area contributed by atoms with Gasteiger partial charge in [-0.05, 0) is 43.0 Å². The summed E-state index contributed by atoms with van der Waals surface area (Å²) >= 11 is 5.82. The van der Waals surface area contributed by atoms with Gasteiger partial charge in [-0.1, -0.05) is 11.6 Å². The van der Waals surface area contributed by atoms with Crippen molar-refractivity contribution in [2.75, 3.05) is 6.61 Å². The van der Waals surface area contributed by atoms with Crippen LogP contribution in [0.2, 0.25) is 5.02 Å². The van der Waals surface area contributed by atoms with Crippen molar-refractivity contribution in [2.45, 2.75) is 32.2 Å². The standard InChI is InChI=1S/C12H15ClO3/c13-10-5-9(6-11(14)7-10)8-16-12-3-1-2-4-15-12/h5-7,12,14H,1-4,8H2. The summed E-state index contributed by atoms with van der Waals surface area (Å²) in [5.74, 6) is 0.163. The number of phenols is 1. The molecule has 1 unspecified atom stereocenters. The van der Waals surface area contributed by atoms with Crippen molar-refractivity contribution in [1.82, 2.24) is 0 Å². The lowest BCUT2D eigenvalue weighted by atomic mass is 10.2. The van der Waals surface area contributed by atoms with Gasteiger partial charge >= 0.3 is 0 Å². The Bertz CT molecular complexity index is 328. The van der Waals surface area contributed by atoms with E-state index >= 15 is 0 Å². The fourth-order valence-corrected chi connectivity index (χ4v) is 2.00. The molecule has 1 aliphatic heterocycles. The Kier molecular flexibility index (Phi) is 4.04. The fraction of sp³-hybridized carbons (Fsp3) is 0.500. The Balaban J connectivity index is 1.88. The number of rotatable bonds is 3. The third kappa shape index (κ3) is 3.37. The molecular formula is C12H15ClO3. The quantitative estimate of drug-likeness (QED) is 0.885. The van der Waals surface area contributed by atoms with Crippen LogP contribution in [-0.4, -0.2) is 18.0 Å². The summed E-state index contributed by atoms with van der Waals surface area (Å²) in [6.07, 6.45) is 3.07. The predicted molar refractivity (Wildman–Crippen MR) is 61.5 cm³/mol. The summed E-state index contributed by atoms with van der Waals surface area (Å²) in [5, 5.41) is 9.88. The van der Waals surface area contributed by atoms with Crippen molar-refractivity contribution >= 4 is 11.6 Å². The average Bonchev–Trinajstić information content (AvgIpc) is 2.27. The first-order valence-corrected chi connectivity index (χ1v) is 5.83. The monoisotopic (exact) mass is 242 g/mol. The number of aromatic hydroxyl groups is 1. The lowest BCUT2D eigenvalue weighted by molar-refractivity contribution is -0.168. The van der Waals surface area contributed by atoms with E-state index in [9.17, 15) is 5.11 Å². The van der Waals surface area contributed by atoms with Crippen LogP contribution in [0.3, 0.4) is 0 Å². The second kappa shape index (κ2) is 5.53. The summed E-state index contributed by atoms with van der Waals surface area (Å²) in [5.41, 5.74) is 0.860. The Hall–Kier alpha value is -0.770. The zero-order chi connectivity index (χ0) is 11.4. The van der Waals surface area contributed by atoms with E-state index in [2.05, 4.69) is 0 Å². The number of halogens is 1. The molecule has 2 rings (SSSR count). The molecule has 0 radical (unpaired) electrons. The summed E-state index contributed by atoms with van der Waals surface area (Å²) in [7, 11) is 0.